The molecule has 0 bridgehead atoms. The van der Waals surface area contributed by atoms with Crippen LogP contribution in [0.3, 0.4) is 0 Å². The summed E-state index contributed by atoms with van der Waals surface area (Å²) in [5.74, 6) is -1.27. The van der Waals surface area contributed by atoms with Gasteiger partial charge in [0.1, 0.15) is 0 Å². The van der Waals surface area contributed by atoms with E-state index in [4.69, 9.17) is 10.6 Å². The summed E-state index contributed by atoms with van der Waals surface area (Å²) < 4.78 is 0. The number of azide groups is 1. The molecule has 5 heteroatoms. The molecule has 0 spiro atoms. The summed E-state index contributed by atoms with van der Waals surface area (Å²) in [4.78, 5) is 13.7. The number of rotatable bonds is 6. The summed E-state index contributed by atoms with van der Waals surface area (Å²) in [5.41, 5.74) is 9.98. The Morgan fingerprint density at radius 1 is 1.59 bits per heavy atom. The van der Waals surface area contributed by atoms with Gasteiger partial charge in [-0.3, -0.25) is 4.79 Å². The molecule has 0 heterocycles. The van der Waals surface area contributed by atoms with Crippen molar-refractivity contribution in [1.82, 2.24) is 0 Å². The van der Waals surface area contributed by atoms with Gasteiger partial charge in [-0.15, -0.1) is 0 Å². The van der Waals surface area contributed by atoms with Gasteiger partial charge >= 0.3 is 5.97 Å². The van der Waals surface area contributed by atoms with Crippen molar-refractivity contribution >= 4 is 5.97 Å². The van der Waals surface area contributed by atoms with E-state index in [1.165, 1.54) is 0 Å². The lowest BCUT2D eigenvalue weighted by atomic mass is 9.94. The molecular formula is C12H15N3O2. The number of carboxylic acids is 1. The number of hydrogen-bond acceptors (Lipinski definition) is 2. The zero-order valence-corrected chi connectivity index (χ0v) is 9.71. The van der Waals surface area contributed by atoms with Crippen molar-refractivity contribution < 1.29 is 9.90 Å². The second-order valence-electron chi connectivity index (χ2n) is 3.75. The Hall–Kier alpha value is -2.00. The van der Waals surface area contributed by atoms with Crippen molar-refractivity contribution in [2.24, 2.45) is 5.11 Å². The highest BCUT2D eigenvalue weighted by Crippen LogP contribution is 2.21. The molecule has 17 heavy (non-hydrogen) atoms. The Kier molecular flexibility index (Phi) is 5.04. The third kappa shape index (κ3) is 3.81. The Bertz CT molecular complexity index is 439. The van der Waals surface area contributed by atoms with Gasteiger partial charge in [0.15, 0.2) is 0 Å². The van der Waals surface area contributed by atoms with E-state index in [2.05, 4.69) is 10.0 Å². The summed E-state index contributed by atoms with van der Waals surface area (Å²) in [5, 5.41) is 12.5. The lowest BCUT2D eigenvalue weighted by molar-refractivity contribution is -0.138. The maximum absolute atomic E-state index is 11.0. The van der Waals surface area contributed by atoms with Crippen LogP contribution in [0.4, 0.5) is 0 Å². The molecule has 5 nitrogen and oxygen atoms in total. The molecule has 0 amide bonds. The van der Waals surface area contributed by atoms with Crippen molar-refractivity contribution in [3.8, 4) is 0 Å². The molecule has 0 aliphatic rings. The van der Waals surface area contributed by atoms with Crippen LogP contribution >= 0.6 is 0 Å². The first-order valence-electron chi connectivity index (χ1n) is 5.51. The van der Waals surface area contributed by atoms with Gasteiger partial charge in [-0.25, -0.2) is 0 Å². The SMILES string of the molecule is CCC(C(=O)O)c1cccc(CCN=[N+]=[N-])c1. The summed E-state index contributed by atoms with van der Waals surface area (Å²) >= 11 is 0. The second kappa shape index (κ2) is 6.55. The molecule has 1 atom stereocenters. The molecule has 0 saturated heterocycles. The van der Waals surface area contributed by atoms with Crippen LogP contribution < -0.4 is 0 Å². The number of carbonyl (C=O) groups is 1. The smallest absolute Gasteiger partial charge is 0.310 e. The monoisotopic (exact) mass is 233 g/mol. The van der Waals surface area contributed by atoms with Crippen molar-refractivity contribution in [2.75, 3.05) is 6.54 Å². The van der Waals surface area contributed by atoms with E-state index >= 15 is 0 Å². The average Bonchev–Trinajstić information content (AvgIpc) is 2.30. The van der Waals surface area contributed by atoms with E-state index in [0.717, 1.165) is 11.1 Å². The predicted molar refractivity (Wildman–Crippen MR) is 64.8 cm³/mol. The van der Waals surface area contributed by atoms with Gasteiger partial charge in [-0.05, 0) is 29.5 Å². The van der Waals surface area contributed by atoms with Gasteiger partial charge in [-0.1, -0.05) is 36.3 Å². The third-order valence-electron chi connectivity index (χ3n) is 2.62. The summed E-state index contributed by atoms with van der Waals surface area (Å²) in [6, 6.07) is 7.44. The minimum Gasteiger partial charge on any atom is -0.481 e. The molecule has 0 saturated carbocycles. The minimum atomic E-state index is -0.806. The lowest BCUT2D eigenvalue weighted by Gasteiger charge is -2.11. The number of aliphatic carboxylic acids is 1. The molecular weight excluding hydrogens is 218 g/mol. The van der Waals surface area contributed by atoms with E-state index in [0.29, 0.717) is 19.4 Å². The van der Waals surface area contributed by atoms with E-state index in [9.17, 15) is 4.79 Å². The van der Waals surface area contributed by atoms with Crippen LogP contribution in [0.25, 0.3) is 10.4 Å². The van der Waals surface area contributed by atoms with Crippen molar-refractivity contribution in [3.05, 3.63) is 45.8 Å². The van der Waals surface area contributed by atoms with Gasteiger partial charge in [0.2, 0.25) is 0 Å². The molecule has 0 aliphatic carbocycles. The van der Waals surface area contributed by atoms with Gasteiger partial charge < -0.3 is 5.11 Å². The van der Waals surface area contributed by atoms with Crippen LogP contribution in [0.2, 0.25) is 0 Å². The Labute approximate surface area is 99.7 Å². The first kappa shape index (κ1) is 13.1. The summed E-state index contributed by atoms with van der Waals surface area (Å²) in [6.07, 6.45) is 1.20. The fraction of sp³-hybridized carbons (Fsp3) is 0.417. The van der Waals surface area contributed by atoms with Crippen molar-refractivity contribution in [3.63, 3.8) is 0 Å². The number of hydrogen-bond donors (Lipinski definition) is 1. The standard InChI is InChI=1S/C12H15N3O2/c1-2-11(12(16)17)10-5-3-4-9(8-10)6-7-14-15-13/h3-5,8,11H,2,6-7H2,1H3,(H,16,17). The highest BCUT2D eigenvalue weighted by molar-refractivity contribution is 5.76. The Morgan fingerprint density at radius 3 is 2.94 bits per heavy atom. The second-order valence-corrected chi connectivity index (χ2v) is 3.75. The maximum atomic E-state index is 11.0. The fourth-order valence-corrected chi connectivity index (χ4v) is 1.74. The highest BCUT2D eigenvalue weighted by atomic mass is 16.4. The largest absolute Gasteiger partial charge is 0.481 e. The van der Waals surface area contributed by atoms with Crippen LogP contribution in [0.5, 0.6) is 0 Å². The Morgan fingerprint density at radius 2 is 2.35 bits per heavy atom. The number of benzene rings is 1. The van der Waals surface area contributed by atoms with Gasteiger partial charge in [0.25, 0.3) is 0 Å². The molecule has 1 aromatic carbocycles. The topological polar surface area (TPSA) is 86.1 Å². The van der Waals surface area contributed by atoms with Crippen LogP contribution in [0.1, 0.15) is 30.4 Å². The van der Waals surface area contributed by atoms with E-state index in [1.54, 1.807) is 0 Å². The normalized spacial score (nSPS) is 11.6. The average molecular weight is 233 g/mol. The van der Waals surface area contributed by atoms with Crippen molar-refractivity contribution in [2.45, 2.75) is 25.7 Å². The zero-order valence-electron chi connectivity index (χ0n) is 9.71. The molecule has 1 rings (SSSR count). The van der Waals surface area contributed by atoms with Gasteiger partial charge in [0, 0.05) is 11.5 Å². The first-order valence-corrected chi connectivity index (χ1v) is 5.51. The van der Waals surface area contributed by atoms with Crippen LogP contribution in [0, 0.1) is 0 Å². The molecule has 1 aromatic rings. The quantitative estimate of drug-likeness (QED) is 0.465. The molecule has 0 fully saturated rings. The molecule has 1 N–H and O–H groups in total. The van der Waals surface area contributed by atoms with E-state index in [-0.39, 0.29) is 0 Å². The zero-order chi connectivity index (χ0) is 12.7. The van der Waals surface area contributed by atoms with Crippen LogP contribution in [0.15, 0.2) is 29.4 Å². The van der Waals surface area contributed by atoms with Gasteiger partial charge in [0.05, 0.1) is 5.92 Å². The first-order chi connectivity index (χ1) is 8.19. The molecule has 0 radical (unpaired) electrons. The lowest BCUT2D eigenvalue weighted by Crippen LogP contribution is -2.10. The molecule has 90 valence electrons. The number of nitrogens with zero attached hydrogens (tertiary/aromatic N) is 3. The minimum absolute atomic E-state index is 0.393. The predicted octanol–water partition coefficient (Wildman–Crippen LogP) is 3.12. The molecule has 0 aliphatic heterocycles. The van der Waals surface area contributed by atoms with E-state index < -0.39 is 11.9 Å². The molecule has 0 aromatic heterocycles. The van der Waals surface area contributed by atoms with Crippen LogP contribution in [-0.4, -0.2) is 17.6 Å². The van der Waals surface area contributed by atoms with E-state index in [1.807, 2.05) is 31.2 Å². The Balaban J connectivity index is 2.83. The maximum Gasteiger partial charge on any atom is 0.310 e. The molecule has 1 unspecified atom stereocenters. The van der Waals surface area contributed by atoms with Crippen molar-refractivity contribution in [1.29, 1.82) is 0 Å². The third-order valence-corrected chi connectivity index (χ3v) is 2.62. The summed E-state index contributed by atoms with van der Waals surface area (Å²) in [6.45, 7) is 2.25. The fourth-order valence-electron chi connectivity index (χ4n) is 1.74. The van der Waals surface area contributed by atoms with Crippen LogP contribution in [-0.2, 0) is 11.2 Å². The number of carboxylic acid groups (broad SMARTS) is 1. The van der Waals surface area contributed by atoms with Gasteiger partial charge in [-0.2, -0.15) is 0 Å². The summed E-state index contributed by atoms with van der Waals surface area (Å²) in [7, 11) is 0. The highest BCUT2D eigenvalue weighted by Gasteiger charge is 2.17.